The van der Waals surface area contributed by atoms with Crippen LogP contribution in [0.5, 0.6) is 0 Å². The highest BCUT2D eigenvalue weighted by Gasteiger charge is 2.22. The van der Waals surface area contributed by atoms with Gasteiger partial charge in [-0.2, -0.15) is 0 Å². The second-order valence-corrected chi connectivity index (χ2v) is 5.07. The zero-order valence-electron chi connectivity index (χ0n) is 11.7. The van der Waals surface area contributed by atoms with Crippen LogP contribution in [-0.4, -0.2) is 48.9 Å². The standard InChI is InChI=1S/C15H16N2O3.ClH/c1-16-6-8-17(9-7-16)15(19)14-10-12(18)11-4-2-3-5-13(11)20-14;/h2-5,10H,6-9H2,1H3;1H. The van der Waals surface area contributed by atoms with Crippen molar-refractivity contribution < 1.29 is 9.21 Å². The molecule has 0 radical (unpaired) electrons. The molecule has 2 heterocycles. The molecule has 1 aromatic heterocycles. The van der Waals surface area contributed by atoms with Crippen LogP contribution >= 0.6 is 12.4 Å². The summed E-state index contributed by atoms with van der Waals surface area (Å²) in [7, 11) is 2.03. The molecule has 3 rings (SSSR count). The first kappa shape index (κ1) is 15.5. The third-order valence-corrected chi connectivity index (χ3v) is 3.64. The molecule has 21 heavy (non-hydrogen) atoms. The smallest absolute Gasteiger partial charge is 0.289 e. The van der Waals surface area contributed by atoms with Gasteiger partial charge in [0.1, 0.15) is 5.58 Å². The zero-order valence-corrected chi connectivity index (χ0v) is 12.6. The fourth-order valence-corrected chi connectivity index (χ4v) is 2.37. The van der Waals surface area contributed by atoms with Crippen molar-refractivity contribution >= 4 is 29.3 Å². The van der Waals surface area contributed by atoms with Gasteiger partial charge in [-0.3, -0.25) is 9.59 Å². The highest BCUT2D eigenvalue weighted by Crippen LogP contribution is 2.14. The largest absolute Gasteiger partial charge is 0.451 e. The van der Waals surface area contributed by atoms with Gasteiger partial charge in [0, 0.05) is 32.2 Å². The van der Waals surface area contributed by atoms with Crippen molar-refractivity contribution in [1.29, 1.82) is 0 Å². The minimum Gasteiger partial charge on any atom is -0.451 e. The lowest BCUT2D eigenvalue weighted by atomic mass is 10.2. The van der Waals surface area contributed by atoms with Gasteiger partial charge in [-0.05, 0) is 19.2 Å². The Morgan fingerprint density at radius 1 is 1.14 bits per heavy atom. The molecule has 2 aromatic rings. The first-order valence-electron chi connectivity index (χ1n) is 6.66. The number of nitrogens with zero attached hydrogens (tertiary/aromatic N) is 2. The first-order chi connectivity index (χ1) is 9.65. The average Bonchev–Trinajstić information content (AvgIpc) is 2.47. The van der Waals surface area contributed by atoms with Crippen LogP contribution in [-0.2, 0) is 0 Å². The van der Waals surface area contributed by atoms with Gasteiger partial charge in [-0.25, -0.2) is 0 Å². The number of likely N-dealkylation sites (N-methyl/N-ethyl adjacent to an activating group) is 1. The Morgan fingerprint density at radius 3 is 2.52 bits per heavy atom. The van der Waals surface area contributed by atoms with Crippen LogP contribution < -0.4 is 5.43 Å². The number of para-hydroxylation sites is 1. The molecule has 1 saturated heterocycles. The quantitative estimate of drug-likeness (QED) is 0.803. The number of amides is 1. The van der Waals surface area contributed by atoms with Crippen LogP contribution in [0.25, 0.3) is 11.0 Å². The van der Waals surface area contributed by atoms with Gasteiger partial charge < -0.3 is 14.2 Å². The fourth-order valence-electron chi connectivity index (χ4n) is 2.37. The molecule has 112 valence electrons. The number of carbonyl (C=O) groups excluding carboxylic acids is 1. The van der Waals surface area contributed by atoms with Gasteiger partial charge in [-0.1, -0.05) is 12.1 Å². The summed E-state index contributed by atoms with van der Waals surface area (Å²) in [5.41, 5.74) is 0.279. The van der Waals surface area contributed by atoms with Crippen molar-refractivity contribution in [3.63, 3.8) is 0 Å². The number of hydrogen-bond donors (Lipinski definition) is 0. The van der Waals surface area contributed by atoms with E-state index in [4.69, 9.17) is 4.42 Å². The maximum Gasteiger partial charge on any atom is 0.289 e. The van der Waals surface area contributed by atoms with Gasteiger partial charge in [0.05, 0.1) is 5.39 Å². The molecule has 1 fully saturated rings. The van der Waals surface area contributed by atoms with E-state index in [2.05, 4.69) is 4.90 Å². The normalized spacial score (nSPS) is 15.8. The molecule has 0 saturated carbocycles. The highest BCUT2D eigenvalue weighted by molar-refractivity contribution is 5.93. The Hall–Kier alpha value is -1.85. The Morgan fingerprint density at radius 2 is 1.81 bits per heavy atom. The van der Waals surface area contributed by atoms with Crippen LogP contribution in [0, 0.1) is 0 Å². The van der Waals surface area contributed by atoms with Gasteiger partial charge >= 0.3 is 0 Å². The predicted molar refractivity (Wildman–Crippen MR) is 83.1 cm³/mol. The molecule has 0 spiro atoms. The highest BCUT2D eigenvalue weighted by atomic mass is 35.5. The molecule has 0 unspecified atom stereocenters. The summed E-state index contributed by atoms with van der Waals surface area (Å²) >= 11 is 0. The molecule has 0 N–H and O–H groups in total. The van der Waals surface area contributed by atoms with Gasteiger partial charge in [0.25, 0.3) is 5.91 Å². The first-order valence-corrected chi connectivity index (χ1v) is 6.66. The van der Waals surface area contributed by atoms with Crippen LogP contribution in [0.1, 0.15) is 10.6 Å². The van der Waals surface area contributed by atoms with Gasteiger partial charge in [0.15, 0.2) is 11.2 Å². The Bertz CT molecular complexity index is 705. The Labute approximate surface area is 128 Å². The number of piperazine rings is 1. The predicted octanol–water partition coefficient (Wildman–Crippen LogP) is 1.60. The summed E-state index contributed by atoms with van der Waals surface area (Å²) in [5.74, 6) is -0.0841. The van der Waals surface area contributed by atoms with Gasteiger partial charge in [-0.15, -0.1) is 12.4 Å². The molecule has 0 bridgehead atoms. The van der Waals surface area contributed by atoms with Gasteiger partial charge in [0.2, 0.25) is 0 Å². The monoisotopic (exact) mass is 308 g/mol. The van der Waals surface area contributed by atoms with E-state index in [1.54, 1.807) is 29.2 Å². The lowest BCUT2D eigenvalue weighted by Gasteiger charge is -2.31. The number of hydrogen-bond acceptors (Lipinski definition) is 4. The third-order valence-electron chi connectivity index (χ3n) is 3.64. The van der Waals surface area contributed by atoms with E-state index >= 15 is 0 Å². The summed E-state index contributed by atoms with van der Waals surface area (Å²) in [6, 6.07) is 8.27. The minimum atomic E-state index is -0.207. The van der Waals surface area contributed by atoms with Crippen LogP contribution in [0.2, 0.25) is 0 Å². The third kappa shape index (κ3) is 3.09. The molecule has 0 atom stereocenters. The van der Waals surface area contributed by atoms with Crippen molar-refractivity contribution in [3.8, 4) is 0 Å². The molecular weight excluding hydrogens is 292 g/mol. The molecular formula is C15H17ClN2O3. The van der Waals surface area contributed by atoms with E-state index in [1.165, 1.54) is 6.07 Å². The van der Waals surface area contributed by atoms with E-state index < -0.39 is 0 Å². The molecule has 1 amide bonds. The maximum atomic E-state index is 12.4. The number of benzene rings is 1. The van der Waals surface area contributed by atoms with Crippen LogP contribution in [0.15, 0.2) is 39.5 Å². The van der Waals surface area contributed by atoms with E-state index in [-0.39, 0.29) is 29.5 Å². The molecule has 0 aliphatic carbocycles. The van der Waals surface area contributed by atoms with Crippen molar-refractivity contribution in [3.05, 3.63) is 46.3 Å². The molecule has 5 nitrogen and oxygen atoms in total. The summed E-state index contributed by atoms with van der Waals surface area (Å²) in [6.07, 6.45) is 0. The summed E-state index contributed by atoms with van der Waals surface area (Å²) in [5, 5.41) is 0.502. The Kier molecular flexibility index (Phi) is 4.65. The van der Waals surface area contributed by atoms with E-state index in [1.807, 2.05) is 7.05 Å². The van der Waals surface area contributed by atoms with Crippen molar-refractivity contribution in [2.45, 2.75) is 0 Å². The summed E-state index contributed by atoms with van der Waals surface area (Å²) in [4.78, 5) is 28.3. The summed E-state index contributed by atoms with van der Waals surface area (Å²) in [6.45, 7) is 2.99. The number of halogens is 1. The second-order valence-electron chi connectivity index (χ2n) is 5.07. The van der Waals surface area contributed by atoms with E-state index in [9.17, 15) is 9.59 Å². The summed E-state index contributed by atoms with van der Waals surface area (Å²) < 4.78 is 5.58. The minimum absolute atomic E-state index is 0. The number of rotatable bonds is 1. The van der Waals surface area contributed by atoms with Crippen molar-refractivity contribution in [1.82, 2.24) is 9.80 Å². The Balaban J connectivity index is 0.00000161. The SMILES string of the molecule is CN1CCN(C(=O)c2cc(=O)c3ccccc3o2)CC1.Cl. The molecule has 1 aliphatic heterocycles. The lowest BCUT2D eigenvalue weighted by molar-refractivity contribution is 0.0633. The van der Waals surface area contributed by atoms with E-state index in [0.717, 1.165) is 13.1 Å². The molecule has 1 aliphatic rings. The fraction of sp³-hybridized carbons (Fsp3) is 0.333. The van der Waals surface area contributed by atoms with Crippen molar-refractivity contribution in [2.24, 2.45) is 0 Å². The molecule has 6 heteroatoms. The molecule has 1 aromatic carbocycles. The average molecular weight is 309 g/mol. The topological polar surface area (TPSA) is 53.8 Å². The number of fused-ring (bicyclic) bond motifs is 1. The number of carbonyl (C=O) groups is 1. The van der Waals surface area contributed by atoms with Crippen molar-refractivity contribution in [2.75, 3.05) is 33.2 Å². The second kappa shape index (κ2) is 6.28. The van der Waals surface area contributed by atoms with Crippen LogP contribution in [0.3, 0.4) is 0 Å². The maximum absolute atomic E-state index is 12.4. The van der Waals surface area contributed by atoms with E-state index in [0.29, 0.717) is 24.1 Å². The lowest BCUT2D eigenvalue weighted by Crippen LogP contribution is -2.47. The van der Waals surface area contributed by atoms with Crippen LogP contribution in [0.4, 0.5) is 0 Å². The zero-order chi connectivity index (χ0) is 14.1.